The summed E-state index contributed by atoms with van der Waals surface area (Å²) in [4.78, 5) is 21.4. The number of aliphatic imine (C=N–C) groups is 2. The number of ether oxygens (including phenoxy) is 3. The summed E-state index contributed by atoms with van der Waals surface area (Å²) in [6.45, 7) is 0.889. The van der Waals surface area contributed by atoms with E-state index in [-0.39, 0.29) is 18.3 Å². The first kappa shape index (κ1) is 34.1. The summed E-state index contributed by atoms with van der Waals surface area (Å²) in [5, 5.41) is 0. The number of benzene rings is 4. The van der Waals surface area contributed by atoms with E-state index in [1.165, 1.54) is 7.11 Å². The number of amidine groups is 1. The van der Waals surface area contributed by atoms with Crippen LogP contribution in [-0.4, -0.2) is 56.3 Å². The summed E-state index contributed by atoms with van der Waals surface area (Å²) < 4.78 is 47.4. The number of rotatable bonds is 14. The second-order valence-electron chi connectivity index (χ2n) is 11.4. The number of halogens is 2. The Labute approximate surface area is 289 Å². The Kier molecular flexibility index (Phi) is 10.9. The third-order valence-electron chi connectivity index (χ3n) is 8.09. The number of methoxy groups -OCH3 is 1. The van der Waals surface area contributed by atoms with Gasteiger partial charge in [-0.2, -0.15) is 0 Å². The Balaban J connectivity index is 1.45. The molecule has 1 aromatic heterocycles. The molecule has 0 saturated carbocycles. The van der Waals surface area contributed by atoms with Crippen molar-refractivity contribution in [3.05, 3.63) is 132 Å². The van der Waals surface area contributed by atoms with E-state index in [2.05, 4.69) is 4.74 Å². The fourth-order valence-corrected chi connectivity index (χ4v) is 5.53. The highest BCUT2D eigenvalue weighted by Gasteiger charge is 2.30. The first-order valence-corrected chi connectivity index (χ1v) is 16.2. The van der Waals surface area contributed by atoms with Crippen molar-refractivity contribution < 1.29 is 27.6 Å². The highest BCUT2D eigenvalue weighted by atomic mass is 19.2. The lowest BCUT2D eigenvalue weighted by molar-refractivity contribution is -0.142. The highest BCUT2D eigenvalue weighted by molar-refractivity contribution is 6.43. The number of allylic oxidation sites excluding steroid dienone is 1. The zero-order valence-electron chi connectivity index (χ0n) is 27.5. The van der Waals surface area contributed by atoms with Crippen molar-refractivity contribution in [3.63, 3.8) is 0 Å². The third kappa shape index (κ3) is 7.90. The number of nitrogens with zero attached hydrogens (tertiary/aromatic N) is 3. The second kappa shape index (κ2) is 16.1. The molecule has 4 aromatic carbocycles. The SMILES string of the molecule is COC(=O)COc1ccc(C2=CC(c3ccccc3)=N/C2=N\c2c(-c3ccccc3)cc(-c3ccc(OCCCCN)cc3)n2B(F)F)cc1. The minimum atomic E-state index is -2.91. The summed E-state index contributed by atoms with van der Waals surface area (Å²) >= 11 is 0. The number of hydrogen-bond acceptors (Lipinski definition) is 6. The van der Waals surface area contributed by atoms with Crippen LogP contribution < -0.4 is 15.2 Å². The van der Waals surface area contributed by atoms with Crippen LogP contribution >= 0.6 is 0 Å². The fourth-order valence-electron chi connectivity index (χ4n) is 5.53. The van der Waals surface area contributed by atoms with Gasteiger partial charge in [-0.15, -0.1) is 0 Å². The number of unbranched alkanes of at least 4 members (excludes halogenated alkanes) is 1. The monoisotopic (exact) mass is 672 g/mol. The molecule has 0 radical (unpaired) electrons. The maximum absolute atomic E-state index is 15.2. The van der Waals surface area contributed by atoms with Gasteiger partial charge in [0.05, 0.1) is 19.4 Å². The van der Waals surface area contributed by atoms with Gasteiger partial charge in [-0.05, 0) is 84.6 Å². The van der Waals surface area contributed by atoms with Crippen molar-refractivity contribution in [3.8, 4) is 33.9 Å². The number of esters is 1. The van der Waals surface area contributed by atoms with Gasteiger partial charge in [0.15, 0.2) is 12.4 Å². The van der Waals surface area contributed by atoms with Gasteiger partial charge in [-0.3, -0.25) is 8.63 Å². The van der Waals surface area contributed by atoms with E-state index in [1.54, 1.807) is 42.5 Å². The Bertz CT molecular complexity index is 2010. The number of nitrogens with two attached hydrogens (primary N) is 1. The quantitative estimate of drug-likeness (QED) is 0.0735. The molecule has 1 aliphatic rings. The molecule has 0 unspecified atom stereocenters. The van der Waals surface area contributed by atoms with Gasteiger partial charge >= 0.3 is 13.4 Å². The van der Waals surface area contributed by atoms with E-state index in [9.17, 15) is 4.79 Å². The van der Waals surface area contributed by atoms with Crippen LogP contribution in [0.1, 0.15) is 24.0 Å². The van der Waals surface area contributed by atoms with Crippen LogP contribution in [0.2, 0.25) is 0 Å². The average molecular weight is 673 g/mol. The van der Waals surface area contributed by atoms with Gasteiger partial charge in [0, 0.05) is 22.4 Å². The van der Waals surface area contributed by atoms with Crippen molar-refractivity contribution in [1.29, 1.82) is 0 Å². The lowest BCUT2D eigenvalue weighted by atomic mass is 10.0. The van der Waals surface area contributed by atoms with Crippen LogP contribution in [0.3, 0.4) is 0 Å². The van der Waals surface area contributed by atoms with Gasteiger partial charge < -0.3 is 24.4 Å². The molecular weight excluding hydrogens is 637 g/mol. The molecule has 50 heavy (non-hydrogen) atoms. The molecule has 0 amide bonds. The van der Waals surface area contributed by atoms with E-state index >= 15 is 8.63 Å². The van der Waals surface area contributed by atoms with E-state index in [0.717, 1.165) is 34.0 Å². The number of hydrogen-bond donors (Lipinski definition) is 1. The Hall–Kier alpha value is -5.81. The zero-order valence-corrected chi connectivity index (χ0v) is 27.5. The lowest BCUT2D eigenvalue weighted by Gasteiger charge is -2.11. The van der Waals surface area contributed by atoms with E-state index in [1.807, 2.05) is 78.9 Å². The van der Waals surface area contributed by atoms with Gasteiger partial charge in [-0.1, -0.05) is 72.8 Å². The summed E-state index contributed by atoms with van der Waals surface area (Å²) in [5.74, 6) is 0.961. The van der Waals surface area contributed by atoms with Crippen molar-refractivity contribution in [1.82, 2.24) is 4.48 Å². The maximum atomic E-state index is 15.2. The molecule has 0 aliphatic carbocycles. The molecule has 1 aliphatic heterocycles. The van der Waals surface area contributed by atoms with Gasteiger partial charge in [0.2, 0.25) is 0 Å². The van der Waals surface area contributed by atoms with Crippen LogP contribution in [0, 0.1) is 0 Å². The molecule has 2 N–H and O–H groups in total. The van der Waals surface area contributed by atoms with E-state index in [0.29, 0.717) is 52.8 Å². The molecule has 2 heterocycles. The standard InChI is InChI=1S/C39H35BF2N4O4/c1-48-37(47)26-50-32-18-14-28(15-19-32)33-24-35(29-12-6-3-7-13-29)44-38(33)45-39-34(27-10-4-2-5-11-27)25-36(46(39)40(41)42)30-16-20-31(21-17-30)49-23-9-8-22-43/h2-7,10-21,24-25H,8-9,22-23,26,43H2,1H3/b45-38-. The van der Waals surface area contributed by atoms with Gasteiger partial charge in [0.1, 0.15) is 17.3 Å². The van der Waals surface area contributed by atoms with Gasteiger partial charge in [-0.25, -0.2) is 14.8 Å². The van der Waals surface area contributed by atoms with Crippen molar-refractivity contribution in [2.24, 2.45) is 15.7 Å². The van der Waals surface area contributed by atoms with Crippen LogP contribution in [0.15, 0.2) is 131 Å². The number of aromatic nitrogens is 1. The average Bonchev–Trinajstić information content (AvgIpc) is 3.76. The van der Waals surface area contributed by atoms with Crippen molar-refractivity contribution in [2.45, 2.75) is 12.8 Å². The molecule has 0 saturated heterocycles. The predicted octanol–water partition coefficient (Wildman–Crippen LogP) is 7.88. The Morgan fingerprint density at radius 2 is 1.42 bits per heavy atom. The zero-order chi connectivity index (χ0) is 34.9. The molecule has 5 aromatic rings. The minimum Gasteiger partial charge on any atom is -0.494 e. The smallest absolute Gasteiger partial charge is 0.494 e. The summed E-state index contributed by atoms with van der Waals surface area (Å²) in [7, 11) is -1.62. The molecule has 11 heteroatoms. The van der Waals surface area contributed by atoms with Crippen LogP contribution in [0.4, 0.5) is 14.4 Å². The van der Waals surface area contributed by atoms with Crippen LogP contribution in [0.25, 0.3) is 28.0 Å². The van der Waals surface area contributed by atoms with Crippen molar-refractivity contribution in [2.75, 3.05) is 26.9 Å². The predicted molar refractivity (Wildman–Crippen MR) is 194 cm³/mol. The minimum absolute atomic E-state index is 0.0697. The fraction of sp³-hybridized carbons (Fsp3) is 0.154. The van der Waals surface area contributed by atoms with E-state index < -0.39 is 13.4 Å². The summed E-state index contributed by atoms with van der Waals surface area (Å²) in [5.41, 5.74) is 10.6. The molecule has 0 spiro atoms. The maximum Gasteiger partial charge on any atom is 0.679 e. The molecule has 6 rings (SSSR count). The highest BCUT2D eigenvalue weighted by Crippen LogP contribution is 2.41. The first-order chi connectivity index (χ1) is 24.4. The largest absolute Gasteiger partial charge is 0.679 e. The third-order valence-corrected chi connectivity index (χ3v) is 8.09. The Morgan fingerprint density at radius 3 is 2.04 bits per heavy atom. The molecule has 0 bridgehead atoms. The molecular formula is C39H35BF2N4O4. The summed E-state index contributed by atoms with van der Waals surface area (Å²) in [6, 6.07) is 34.8. The van der Waals surface area contributed by atoms with Crippen LogP contribution in [-0.2, 0) is 9.53 Å². The molecule has 0 atom stereocenters. The number of carbonyl (C=O) groups excluding carboxylic acids is 1. The van der Waals surface area contributed by atoms with Crippen LogP contribution in [0.5, 0.6) is 11.5 Å². The topological polar surface area (TPSA) is 100 Å². The van der Waals surface area contributed by atoms with Gasteiger partial charge in [0.25, 0.3) is 0 Å². The van der Waals surface area contributed by atoms with Crippen molar-refractivity contribution >= 4 is 36.3 Å². The first-order valence-electron chi connectivity index (χ1n) is 16.2. The Morgan fingerprint density at radius 1 is 0.800 bits per heavy atom. The normalized spacial score (nSPS) is 13.2. The lowest BCUT2D eigenvalue weighted by Crippen LogP contribution is -2.14. The summed E-state index contributed by atoms with van der Waals surface area (Å²) in [6.07, 6.45) is 3.58. The molecule has 8 nitrogen and oxygen atoms in total. The molecule has 252 valence electrons. The number of carbonyl (C=O) groups is 1. The van der Waals surface area contributed by atoms with E-state index in [4.69, 9.17) is 25.2 Å². The second-order valence-corrected chi connectivity index (χ2v) is 11.4. The molecule has 0 fully saturated rings.